The van der Waals surface area contributed by atoms with E-state index in [1.807, 2.05) is 52.2 Å². The van der Waals surface area contributed by atoms with Gasteiger partial charge in [-0.3, -0.25) is 14.6 Å². The van der Waals surface area contributed by atoms with E-state index in [4.69, 9.17) is 0 Å². The largest absolute Gasteiger partial charge is 0.355 e. The maximum absolute atomic E-state index is 12.7. The normalized spacial score (nSPS) is 15.2. The summed E-state index contributed by atoms with van der Waals surface area (Å²) in [6.07, 6.45) is 4.50. The summed E-state index contributed by atoms with van der Waals surface area (Å²) in [7, 11) is 5.37. The summed E-state index contributed by atoms with van der Waals surface area (Å²) in [6.45, 7) is 5.21. The van der Waals surface area contributed by atoms with Gasteiger partial charge in [-0.1, -0.05) is 38.8 Å². The van der Waals surface area contributed by atoms with E-state index >= 15 is 0 Å². The zero-order valence-corrected chi connectivity index (χ0v) is 21.8. The van der Waals surface area contributed by atoms with E-state index in [0.717, 1.165) is 36.9 Å². The smallest absolute Gasteiger partial charge is 0.230 e. The fourth-order valence-corrected chi connectivity index (χ4v) is 3.99. The van der Waals surface area contributed by atoms with Crippen molar-refractivity contribution in [2.75, 3.05) is 33.0 Å². The number of hydrogen-bond acceptors (Lipinski definition) is 3. The van der Waals surface area contributed by atoms with Gasteiger partial charge in [-0.25, -0.2) is 0 Å². The Morgan fingerprint density at radius 2 is 1.84 bits per heavy atom. The van der Waals surface area contributed by atoms with E-state index in [9.17, 15) is 9.59 Å². The Morgan fingerprint density at radius 1 is 1.16 bits per heavy atom. The SMILES string of the molecule is CN=C(NCc1cccc(NC(=O)CC(C)C)c1)NCC1(C(=O)N(C)C)CCCC1.I. The Balaban J connectivity index is 0.00000480. The molecule has 1 aromatic carbocycles. The van der Waals surface area contributed by atoms with Crippen molar-refractivity contribution in [2.24, 2.45) is 16.3 Å². The zero-order valence-electron chi connectivity index (χ0n) is 19.5. The maximum atomic E-state index is 12.7. The third kappa shape index (κ3) is 8.31. The molecule has 0 spiro atoms. The fraction of sp³-hybridized carbons (Fsp3) is 0.609. The van der Waals surface area contributed by atoms with Crippen molar-refractivity contribution < 1.29 is 9.59 Å². The minimum Gasteiger partial charge on any atom is -0.355 e. The second-order valence-electron chi connectivity index (χ2n) is 8.81. The van der Waals surface area contributed by atoms with Crippen LogP contribution in [0.15, 0.2) is 29.3 Å². The summed E-state index contributed by atoms with van der Waals surface area (Å²) in [4.78, 5) is 30.7. The highest BCUT2D eigenvalue weighted by Gasteiger charge is 2.42. The molecule has 0 heterocycles. The lowest BCUT2D eigenvalue weighted by atomic mass is 9.84. The molecule has 174 valence electrons. The molecule has 0 aromatic heterocycles. The molecular formula is C23H38IN5O2. The van der Waals surface area contributed by atoms with Crippen molar-refractivity contribution in [3.8, 4) is 0 Å². The number of guanidine groups is 1. The topological polar surface area (TPSA) is 85.8 Å². The van der Waals surface area contributed by atoms with Crippen LogP contribution in [0.1, 0.15) is 51.5 Å². The first-order chi connectivity index (χ1) is 14.3. The number of anilines is 1. The highest BCUT2D eigenvalue weighted by Crippen LogP contribution is 2.38. The van der Waals surface area contributed by atoms with E-state index in [0.29, 0.717) is 31.4 Å². The maximum Gasteiger partial charge on any atom is 0.230 e. The molecule has 3 N–H and O–H groups in total. The standard InChI is InChI=1S/C23H37N5O2.HI/c1-17(2)13-20(29)27-19-10-8-9-18(14-19)15-25-22(24-3)26-16-23(11-6-7-12-23)21(30)28(4)5;/h8-10,14,17H,6-7,11-13,15-16H2,1-5H3,(H,27,29)(H2,24,25,26);1H. The third-order valence-electron chi connectivity index (χ3n) is 5.50. The molecule has 1 aliphatic rings. The van der Waals surface area contributed by atoms with Crippen molar-refractivity contribution in [1.29, 1.82) is 0 Å². The molecule has 2 amide bonds. The molecule has 0 atom stereocenters. The molecule has 2 rings (SSSR count). The van der Waals surface area contributed by atoms with Crippen LogP contribution < -0.4 is 16.0 Å². The van der Waals surface area contributed by atoms with E-state index in [2.05, 4.69) is 20.9 Å². The number of rotatable bonds is 8. The van der Waals surface area contributed by atoms with E-state index in [1.165, 1.54) is 0 Å². The lowest BCUT2D eigenvalue weighted by Gasteiger charge is -2.31. The third-order valence-corrected chi connectivity index (χ3v) is 5.50. The van der Waals surface area contributed by atoms with Gasteiger partial charge in [0.2, 0.25) is 11.8 Å². The first-order valence-corrected chi connectivity index (χ1v) is 10.8. The summed E-state index contributed by atoms with van der Waals surface area (Å²) in [6, 6.07) is 7.80. The lowest BCUT2D eigenvalue weighted by molar-refractivity contribution is -0.138. The number of halogens is 1. The van der Waals surface area contributed by atoms with Crippen LogP contribution in [0.5, 0.6) is 0 Å². The van der Waals surface area contributed by atoms with Crippen LogP contribution >= 0.6 is 24.0 Å². The number of hydrogen-bond donors (Lipinski definition) is 3. The van der Waals surface area contributed by atoms with Crippen molar-refractivity contribution in [2.45, 2.75) is 52.5 Å². The van der Waals surface area contributed by atoms with E-state index < -0.39 is 0 Å². The minimum atomic E-state index is -0.346. The van der Waals surface area contributed by atoms with Crippen LogP contribution in [0.2, 0.25) is 0 Å². The number of amides is 2. The van der Waals surface area contributed by atoms with Crippen molar-refractivity contribution in [3.05, 3.63) is 29.8 Å². The molecule has 0 bridgehead atoms. The summed E-state index contributed by atoms with van der Waals surface area (Å²) in [5.41, 5.74) is 1.49. The number of carbonyl (C=O) groups is 2. The van der Waals surface area contributed by atoms with Crippen molar-refractivity contribution >= 4 is 47.4 Å². The van der Waals surface area contributed by atoms with Gasteiger partial charge in [0, 0.05) is 46.3 Å². The van der Waals surface area contributed by atoms with Gasteiger partial charge in [-0.2, -0.15) is 0 Å². The molecule has 31 heavy (non-hydrogen) atoms. The fourth-order valence-electron chi connectivity index (χ4n) is 3.99. The highest BCUT2D eigenvalue weighted by molar-refractivity contribution is 14.0. The van der Waals surface area contributed by atoms with Gasteiger partial charge in [0.05, 0.1) is 5.41 Å². The van der Waals surface area contributed by atoms with Gasteiger partial charge in [0.1, 0.15) is 0 Å². The summed E-state index contributed by atoms with van der Waals surface area (Å²) < 4.78 is 0. The highest BCUT2D eigenvalue weighted by atomic mass is 127. The number of aliphatic imine (C=N–C) groups is 1. The summed E-state index contributed by atoms with van der Waals surface area (Å²) in [5, 5.41) is 9.61. The molecule has 7 nitrogen and oxygen atoms in total. The second kappa shape index (κ2) is 12.9. The molecule has 0 saturated heterocycles. The molecule has 1 aromatic rings. The van der Waals surface area contributed by atoms with Gasteiger partial charge in [0.15, 0.2) is 5.96 Å². The predicted octanol–water partition coefficient (Wildman–Crippen LogP) is 3.60. The quantitative estimate of drug-likeness (QED) is 0.266. The second-order valence-corrected chi connectivity index (χ2v) is 8.81. The van der Waals surface area contributed by atoms with Gasteiger partial charge in [-0.05, 0) is 36.5 Å². The van der Waals surface area contributed by atoms with E-state index in [-0.39, 0.29) is 41.2 Å². The number of nitrogens with zero attached hydrogens (tertiary/aromatic N) is 2. The van der Waals surface area contributed by atoms with Gasteiger partial charge >= 0.3 is 0 Å². The average molecular weight is 543 g/mol. The van der Waals surface area contributed by atoms with Crippen molar-refractivity contribution in [3.63, 3.8) is 0 Å². The van der Waals surface area contributed by atoms with Gasteiger partial charge in [0.25, 0.3) is 0 Å². The average Bonchev–Trinajstić information content (AvgIpc) is 3.17. The Hall–Kier alpha value is -1.84. The predicted molar refractivity (Wildman–Crippen MR) is 138 cm³/mol. The molecule has 8 heteroatoms. The lowest BCUT2D eigenvalue weighted by Crippen LogP contribution is -2.49. The first-order valence-electron chi connectivity index (χ1n) is 10.8. The van der Waals surface area contributed by atoms with Crippen LogP contribution in [0.25, 0.3) is 0 Å². The molecule has 0 unspecified atom stereocenters. The number of carbonyl (C=O) groups excluding carboxylic acids is 2. The summed E-state index contributed by atoms with van der Waals surface area (Å²) in [5.74, 6) is 1.21. The van der Waals surface area contributed by atoms with Crippen LogP contribution in [-0.4, -0.2) is 50.4 Å². The zero-order chi connectivity index (χ0) is 22.1. The van der Waals surface area contributed by atoms with Crippen molar-refractivity contribution in [1.82, 2.24) is 15.5 Å². The Labute approximate surface area is 203 Å². The Kier molecular flexibility index (Phi) is 11.3. The van der Waals surface area contributed by atoms with Crippen LogP contribution in [0.3, 0.4) is 0 Å². The molecule has 0 radical (unpaired) electrons. The molecule has 0 aliphatic heterocycles. The van der Waals surface area contributed by atoms with Gasteiger partial charge in [-0.15, -0.1) is 24.0 Å². The summed E-state index contributed by atoms with van der Waals surface area (Å²) >= 11 is 0. The molecule has 1 aliphatic carbocycles. The molecule has 1 fully saturated rings. The minimum absolute atomic E-state index is 0. The molecular weight excluding hydrogens is 505 g/mol. The number of nitrogens with one attached hydrogen (secondary N) is 3. The first kappa shape index (κ1) is 27.2. The monoisotopic (exact) mass is 543 g/mol. The van der Waals surface area contributed by atoms with Crippen LogP contribution in [0, 0.1) is 11.3 Å². The van der Waals surface area contributed by atoms with Crippen LogP contribution in [0.4, 0.5) is 5.69 Å². The van der Waals surface area contributed by atoms with Crippen LogP contribution in [-0.2, 0) is 16.1 Å². The molecule has 1 saturated carbocycles. The Morgan fingerprint density at radius 3 is 2.42 bits per heavy atom. The van der Waals surface area contributed by atoms with E-state index in [1.54, 1.807) is 11.9 Å². The Bertz CT molecular complexity index is 758. The number of benzene rings is 1. The van der Waals surface area contributed by atoms with Gasteiger partial charge < -0.3 is 20.9 Å².